The third-order valence-electron chi connectivity index (χ3n) is 5.14. The van der Waals surface area contributed by atoms with Gasteiger partial charge in [0.2, 0.25) is 0 Å². The van der Waals surface area contributed by atoms with E-state index in [0.717, 1.165) is 36.9 Å². The van der Waals surface area contributed by atoms with Crippen LogP contribution in [-0.4, -0.2) is 26.6 Å². The monoisotopic (exact) mass is 362 g/mol. The molecule has 1 fully saturated rings. The molecule has 0 unspecified atom stereocenters. The number of aromatic amines is 1. The van der Waals surface area contributed by atoms with Crippen molar-refractivity contribution < 1.29 is 4.74 Å². The molecule has 1 saturated heterocycles. The lowest BCUT2D eigenvalue weighted by Crippen LogP contribution is -2.24. The fourth-order valence-corrected chi connectivity index (χ4v) is 3.66. The van der Waals surface area contributed by atoms with Gasteiger partial charge in [-0.05, 0) is 44.9 Å². The highest BCUT2D eigenvalue weighted by atomic mass is 16.5. The van der Waals surface area contributed by atoms with Crippen LogP contribution < -0.4 is 4.74 Å². The van der Waals surface area contributed by atoms with Gasteiger partial charge in [0.1, 0.15) is 18.2 Å². The number of H-pyrrole nitrogens is 1. The maximum absolute atomic E-state index is 6.15. The minimum atomic E-state index is 0.278. The van der Waals surface area contributed by atoms with Crippen molar-refractivity contribution in [2.75, 3.05) is 6.54 Å². The number of rotatable bonds is 6. The quantitative estimate of drug-likeness (QED) is 0.709. The van der Waals surface area contributed by atoms with E-state index >= 15 is 0 Å². The second-order valence-corrected chi connectivity index (χ2v) is 7.29. The largest absolute Gasteiger partial charge is 0.489 e. The number of para-hydroxylation sites is 1. The molecule has 1 aliphatic rings. The average Bonchev–Trinajstić information content (AvgIpc) is 3.31. The zero-order chi connectivity index (χ0) is 18.6. The Labute approximate surface area is 160 Å². The van der Waals surface area contributed by atoms with E-state index in [1.54, 1.807) is 0 Å². The highest BCUT2D eigenvalue weighted by Gasteiger charge is 2.29. The van der Waals surface area contributed by atoms with Crippen molar-refractivity contribution in [1.82, 2.24) is 20.1 Å². The number of nitrogens with zero attached hydrogens (tertiary/aromatic N) is 3. The highest BCUT2D eigenvalue weighted by Crippen LogP contribution is 2.33. The van der Waals surface area contributed by atoms with Crippen LogP contribution in [0.15, 0.2) is 48.5 Å². The molecule has 0 amide bonds. The molecule has 3 aromatic rings. The summed E-state index contributed by atoms with van der Waals surface area (Å²) in [7, 11) is 0. The number of aryl methyl sites for hydroxylation is 2. The van der Waals surface area contributed by atoms with Gasteiger partial charge in [0.05, 0.1) is 6.04 Å². The molecule has 1 aromatic heterocycles. The summed E-state index contributed by atoms with van der Waals surface area (Å²) in [5.41, 5.74) is 3.66. The molecule has 140 valence electrons. The van der Waals surface area contributed by atoms with Crippen molar-refractivity contribution in [2.45, 2.75) is 45.9 Å². The van der Waals surface area contributed by atoms with Crippen LogP contribution in [-0.2, 0) is 13.2 Å². The molecule has 0 radical (unpaired) electrons. The third kappa shape index (κ3) is 4.19. The zero-order valence-electron chi connectivity index (χ0n) is 16.0. The summed E-state index contributed by atoms with van der Waals surface area (Å²) in [6, 6.07) is 17.1. The fourth-order valence-electron chi connectivity index (χ4n) is 3.66. The summed E-state index contributed by atoms with van der Waals surface area (Å²) in [5.74, 6) is 2.73. The molecule has 27 heavy (non-hydrogen) atoms. The lowest BCUT2D eigenvalue weighted by molar-refractivity contribution is 0.232. The minimum absolute atomic E-state index is 0.278. The smallest absolute Gasteiger partial charge is 0.167 e. The molecule has 0 bridgehead atoms. The molecule has 2 heterocycles. The van der Waals surface area contributed by atoms with Crippen molar-refractivity contribution in [3.63, 3.8) is 0 Å². The van der Waals surface area contributed by atoms with Gasteiger partial charge in [0, 0.05) is 12.1 Å². The molecule has 0 aliphatic carbocycles. The van der Waals surface area contributed by atoms with E-state index in [0.29, 0.717) is 6.61 Å². The Balaban J connectivity index is 1.46. The van der Waals surface area contributed by atoms with Crippen molar-refractivity contribution in [3.8, 4) is 5.75 Å². The van der Waals surface area contributed by atoms with E-state index in [1.165, 1.54) is 23.1 Å². The topological polar surface area (TPSA) is 54.0 Å². The molecular weight excluding hydrogens is 336 g/mol. The molecule has 0 saturated carbocycles. The molecule has 1 aliphatic heterocycles. The number of ether oxygens (including phenoxy) is 1. The first-order valence-corrected chi connectivity index (χ1v) is 9.58. The first-order chi connectivity index (χ1) is 13.2. The van der Waals surface area contributed by atoms with Crippen LogP contribution in [0.5, 0.6) is 5.75 Å². The predicted molar refractivity (Wildman–Crippen MR) is 105 cm³/mol. The number of aromatic nitrogens is 3. The van der Waals surface area contributed by atoms with Crippen LogP contribution in [0.3, 0.4) is 0 Å². The van der Waals surface area contributed by atoms with Crippen molar-refractivity contribution in [2.24, 2.45) is 0 Å². The molecule has 5 heteroatoms. The van der Waals surface area contributed by atoms with Gasteiger partial charge in [-0.3, -0.25) is 10.00 Å². The van der Waals surface area contributed by atoms with Crippen molar-refractivity contribution >= 4 is 0 Å². The van der Waals surface area contributed by atoms with E-state index in [2.05, 4.69) is 69.5 Å². The van der Waals surface area contributed by atoms with E-state index in [-0.39, 0.29) is 6.04 Å². The SMILES string of the molecule is Cc1ccc(COc2ccccc2CN2CCC[C@@H]2c2n[nH]c(C)n2)cc1. The van der Waals surface area contributed by atoms with Gasteiger partial charge in [-0.1, -0.05) is 48.0 Å². The summed E-state index contributed by atoms with van der Waals surface area (Å²) in [6.45, 7) is 6.54. The van der Waals surface area contributed by atoms with Crippen LogP contribution in [0.1, 0.15) is 47.2 Å². The Morgan fingerprint density at radius 2 is 1.93 bits per heavy atom. The fraction of sp³-hybridized carbons (Fsp3) is 0.364. The molecular formula is C22H26N4O. The first-order valence-electron chi connectivity index (χ1n) is 9.58. The highest BCUT2D eigenvalue weighted by molar-refractivity contribution is 5.34. The van der Waals surface area contributed by atoms with Gasteiger partial charge < -0.3 is 4.74 Å². The number of benzene rings is 2. The molecule has 1 atom stereocenters. The van der Waals surface area contributed by atoms with Crippen LogP contribution >= 0.6 is 0 Å². The Kier molecular flexibility index (Phi) is 5.21. The maximum Gasteiger partial charge on any atom is 0.167 e. The number of nitrogens with one attached hydrogen (secondary N) is 1. The number of likely N-dealkylation sites (tertiary alicyclic amines) is 1. The Morgan fingerprint density at radius 3 is 2.70 bits per heavy atom. The van der Waals surface area contributed by atoms with Crippen LogP contribution in [0.2, 0.25) is 0 Å². The first kappa shape index (κ1) is 17.7. The third-order valence-corrected chi connectivity index (χ3v) is 5.14. The zero-order valence-corrected chi connectivity index (χ0v) is 16.0. The van der Waals surface area contributed by atoms with Gasteiger partial charge in [-0.2, -0.15) is 5.10 Å². The summed E-state index contributed by atoms with van der Waals surface area (Å²) in [4.78, 5) is 7.01. The van der Waals surface area contributed by atoms with E-state index in [9.17, 15) is 0 Å². The van der Waals surface area contributed by atoms with Gasteiger partial charge in [0.15, 0.2) is 5.82 Å². The molecule has 5 nitrogen and oxygen atoms in total. The maximum atomic E-state index is 6.15. The summed E-state index contributed by atoms with van der Waals surface area (Å²) < 4.78 is 6.15. The Morgan fingerprint density at radius 1 is 1.11 bits per heavy atom. The van der Waals surface area contributed by atoms with Gasteiger partial charge in [-0.25, -0.2) is 4.98 Å². The van der Waals surface area contributed by atoms with Crippen LogP contribution in [0.25, 0.3) is 0 Å². The van der Waals surface area contributed by atoms with Crippen LogP contribution in [0, 0.1) is 13.8 Å². The molecule has 2 aromatic carbocycles. The second-order valence-electron chi connectivity index (χ2n) is 7.29. The van der Waals surface area contributed by atoms with E-state index in [1.807, 2.05) is 13.0 Å². The Hall–Kier alpha value is -2.66. The average molecular weight is 362 g/mol. The second kappa shape index (κ2) is 7.92. The molecule has 4 rings (SSSR count). The van der Waals surface area contributed by atoms with Gasteiger partial charge in [0.25, 0.3) is 0 Å². The number of hydrogen-bond acceptors (Lipinski definition) is 4. The predicted octanol–water partition coefficient (Wildman–Crippen LogP) is 4.34. The van der Waals surface area contributed by atoms with Crippen LogP contribution in [0.4, 0.5) is 0 Å². The summed E-state index contributed by atoms with van der Waals surface area (Å²) >= 11 is 0. The van der Waals surface area contributed by atoms with Crippen molar-refractivity contribution in [1.29, 1.82) is 0 Å². The van der Waals surface area contributed by atoms with E-state index < -0.39 is 0 Å². The summed E-state index contributed by atoms with van der Waals surface area (Å²) in [6.07, 6.45) is 2.27. The van der Waals surface area contributed by atoms with Gasteiger partial charge in [-0.15, -0.1) is 0 Å². The van der Waals surface area contributed by atoms with Gasteiger partial charge >= 0.3 is 0 Å². The van der Waals surface area contributed by atoms with E-state index in [4.69, 9.17) is 4.74 Å². The normalized spacial score (nSPS) is 17.3. The van der Waals surface area contributed by atoms with Crippen molar-refractivity contribution in [3.05, 3.63) is 76.9 Å². The standard InChI is InChI=1S/C22H26N4O/c1-16-9-11-18(12-10-16)15-27-21-8-4-3-6-19(21)14-26-13-5-7-20(26)22-23-17(2)24-25-22/h3-4,6,8-12,20H,5,7,13-15H2,1-2H3,(H,23,24,25)/t20-/m1/s1. The lowest BCUT2D eigenvalue weighted by atomic mass is 10.1. The molecule has 1 N–H and O–H groups in total. The minimum Gasteiger partial charge on any atom is -0.489 e. The Bertz CT molecular complexity index is 887. The summed E-state index contributed by atoms with van der Waals surface area (Å²) in [5, 5.41) is 7.36. The lowest BCUT2D eigenvalue weighted by Gasteiger charge is -2.23. The molecule has 0 spiro atoms. The number of hydrogen-bond donors (Lipinski definition) is 1.